The van der Waals surface area contributed by atoms with Crippen LogP contribution in [0.25, 0.3) is 5.76 Å². The maximum Gasteiger partial charge on any atom is 0.416 e. The Bertz CT molecular complexity index is 1280. The van der Waals surface area contributed by atoms with Gasteiger partial charge in [-0.15, -0.1) is 0 Å². The molecule has 4 rings (SSSR count). The average Bonchev–Trinajstić information content (AvgIpc) is 3.09. The number of halogens is 4. The molecular formula is C25H17BrF3NO4. The third-order valence-corrected chi connectivity index (χ3v) is 5.97. The normalized spacial score (nSPS) is 17.8. The number of benzene rings is 3. The Morgan fingerprint density at radius 2 is 1.65 bits per heavy atom. The Kier molecular flexibility index (Phi) is 6.22. The van der Waals surface area contributed by atoms with Crippen molar-refractivity contribution in [3.63, 3.8) is 0 Å². The van der Waals surface area contributed by atoms with E-state index in [9.17, 15) is 27.9 Å². The molecule has 9 heteroatoms. The average molecular weight is 532 g/mol. The van der Waals surface area contributed by atoms with Gasteiger partial charge in [-0.1, -0.05) is 46.3 Å². The van der Waals surface area contributed by atoms with E-state index >= 15 is 0 Å². The Balaban J connectivity index is 1.93. The molecule has 1 unspecified atom stereocenters. The minimum Gasteiger partial charge on any atom is -0.507 e. The van der Waals surface area contributed by atoms with Crippen molar-refractivity contribution in [3.05, 3.63) is 99.5 Å². The molecule has 1 amide bonds. The van der Waals surface area contributed by atoms with Crippen molar-refractivity contribution in [2.24, 2.45) is 0 Å². The van der Waals surface area contributed by atoms with Crippen LogP contribution in [0.3, 0.4) is 0 Å². The Labute approximate surface area is 201 Å². The van der Waals surface area contributed by atoms with E-state index in [1.807, 2.05) is 0 Å². The van der Waals surface area contributed by atoms with Crippen molar-refractivity contribution < 1.29 is 32.6 Å². The summed E-state index contributed by atoms with van der Waals surface area (Å²) in [6.07, 6.45) is -4.64. The molecule has 0 saturated carbocycles. The number of aliphatic hydroxyl groups excluding tert-OH is 1. The van der Waals surface area contributed by atoms with Gasteiger partial charge in [0.05, 0.1) is 24.3 Å². The van der Waals surface area contributed by atoms with Crippen LogP contribution in [0.2, 0.25) is 0 Å². The number of anilines is 1. The molecule has 34 heavy (non-hydrogen) atoms. The van der Waals surface area contributed by atoms with E-state index in [0.29, 0.717) is 11.3 Å². The summed E-state index contributed by atoms with van der Waals surface area (Å²) in [5.41, 5.74) is -0.615. The summed E-state index contributed by atoms with van der Waals surface area (Å²) in [7, 11) is 1.47. The number of ketones is 1. The molecule has 1 aliphatic heterocycles. The predicted octanol–water partition coefficient (Wildman–Crippen LogP) is 6.10. The molecule has 1 atom stereocenters. The summed E-state index contributed by atoms with van der Waals surface area (Å²) in [5, 5.41) is 11.0. The maximum atomic E-state index is 13.4. The first kappa shape index (κ1) is 23.6. The molecule has 1 fully saturated rings. The highest BCUT2D eigenvalue weighted by Gasteiger charge is 2.47. The monoisotopic (exact) mass is 531 g/mol. The second-order valence-electron chi connectivity index (χ2n) is 7.50. The lowest BCUT2D eigenvalue weighted by atomic mass is 9.95. The highest BCUT2D eigenvalue weighted by atomic mass is 79.9. The van der Waals surface area contributed by atoms with Crippen LogP contribution in [0.4, 0.5) is 18.9 Å². The van der Waals surface area contributed by atoms with Crippen molar-refractivity contribution in [2.45, 2.75) is 12.2 Å². The van der Waals surface area contributed by atoms with E-state index in [1.54, 1.807) is 48.5 Å². The van der Waals surface area contributed by atoms with Gasteiger partial charge >= 0.3 is 6.18 Å². The number of carbonyl (C=O) groups is 2. The first-order valence-corrected chi connectivity index (χ1v) is 10.8. The summed E-state index contributed by atoms with van der Waals surface area (Å²) in [6, 6.07) is 15.8. The molecule has 1 heterocycles. The minimum atomic E-state index is -4.64. The van der Waals surface area contributed by atoms with E-state index in [0.717, 1.165) is 27.6 Å². The number of rotatable bonds is 4. The zero-order chi connectivity index (χ0) is 24.6. The van der Waals surface area contributed by atoms with Crippen molar-refractivity contribution >= 4 is 39.1 Å². The molecule has 0 aliphatic carbocycles. The topological polar surface area (TPSA) is 66.8 Å². The van der Waals surface area contributed by atoms with Gasteiger partial charge < -0.3 is 9.84 Å². The predicted molar refractivity (Wildman–Crippen MR) is 123 cm³/mol. The number of Topliss-reactive ketones (excluding diaryl/α,β-unsaturated/α-hetero) is 1. The van der Waals surface area contributed by atoms with Crippen molar-refractivity contribution in [2.75, 3.05) is 12.0 Å². The van der Waals surface area contributed by atoms with Crippen LogP contribution in [0.5, 0.6) is 5.75 Å². The molecule has 3 aromatic rings. The highest BCUT2D eigenvalue weighted by Crippen LogP contribution is 2.43. The number of ether oxygens (including phenoxy) is 1. The summed E-state index contributed by atoms with van der Waals surface area (Å²) in [4.78, 5) is 27.2. The van der Waals surface area contributed by atoms with Crippen LogP contribution in [-0.2, 0) is 15.8 Å². The molecule has 5 nitrogen and oxygen atoms in total. The summed E-state index contributed by atoms with van der Waals surface area (Å²) in [6.45, 7) is 0. The third kappa shape index (κ3) is 4.31. The van der Waals surface area contributed by atoms with Gasteiger partial charge in [0.25, 0.3) is 11.7 Å². The van der Waals surface area contributed by atoms with Crippen LogP contribution in [0, 0.1) is 0 Å². The molecule has 1 N–H and O–H groups in total. The molecular weight excluding hydrogens is 515 g/mol. The number of aliphatic hydroxyl groups is 1. The summed E-state index contributed by atoms with van der Waals surface area (Å²) in [5.74, 6) is -1.97. The lowest BCUT2D eigenvalue weighted by molar-refractivity contribution is -0.137. The molecule has 0 bridgehead atoms. The maximum absolute atomic E-state index is 13.4. The van der Waals surface area contributed by atoms with Gasteiger partial charge in [-0.05, 0) is 48.0 Å². The first-order valence-electron chi connectivity index (χ1n) is 10.00. The molecule has 0 radical (unpaired) electrons. The lowest BCUT2D eigenvalue weighted by Gasteiger charge is -2.26. The number of amides is 1. The molecule has 174 valence electrons. The number of alkyl halides is 3. The van der Waals surface area contributed by atoms with Crippen molar-refractivity contribution in [3.8, 4) is 5.75 Å². The van der Waals surface area contributed by atoms with Crippen molar-refractivity contribution in [1.82, 2.24) is 0 Å². The Morgan fingerprint density at radius 3 is 2.24 bits per heavy atom. The number of nitrogens with zero attached hydrogens (tertiary/aromatic N) is 1. The van der Waals surface area contributed by atoms with E-state index in [1.165, 1.54) is 13.2 Å². The van der Waals surface area contributed by atoms with Gasteiger partial charge in [0.15, 0.2) is 0 Å². The third-order valence-electron chi connectivity index (χ3n) is 5.45. The Morgan fingerprint density at radius 1 is 1.00 bits per heavy atom. The van der Waals surface area contributed by atoms with E-state index in [4.69, 9.17) is 4.74 Å². The lowest BCUT2D eigenvalue weighted by Crippen LogP contribution is -2.29. The van der Waals surface area contributed by atoms with Gasteiger partial charge in [-0.3, -0.25) is 14.5 Å². The second-order valence-corrected chi connectivity index (χ2v) is 8.41. The molecule has 3 aromatic carbocycles. The molecule has 1 aliphatic rings. The van der Waals surface area contributed by atoms with Gasteiger partial charge in [0.2, 0.25) is 0 Å². The van der Waals surface area contributed by atoms with Crippen molar-refractivity contribution in [1.29, 1.82) is 0 Å². The van der Waals surface area contributed by atoms with Crippen LogP contribution < -0.4 is 9.64 Å². The van der Waals surface area contributed by atoms with E-state index in [2.05, 4.69) is 15.9 Å². The smallest absolute Gasteiger partial charge is 0.416 e. The van der Waals surface area contributed by atoms with Crippen LogP contribution >= 0.6 is 15.9 Å². The number of hydrogen-bond acceptors (Lipinski definition) is 4. The fourth-order valence-electron chi connectivity index (χ4n) is 3.80. The fraction of sp³-hybridized carbons (Fsp3) is 0.120. The van der Waals surface area contributed by atoms with E-state index in [-0.39, 0.29) is 16.8 Å². The van der Waals surface area contributed by atoms with Crippen LogP contribution in [0.15, 0.2) is 82.8 Å². The SMILES string of the molecule is COc1ccc(C2/C(=C(\O)c3ccc(Br)cc3)C(=O)C(=O)N2c2cccc(C(F)(F)F)c2)cc1. The second kappa shape index (κ2) is 8.98. The molecule has 0 aromatic heterocycles. The zero-order valence-corrected chi connectivity index (χ0v) is 19.2. The van der Waals surface area contributed by atoms with E-state index < -0.39 is 35.2 Å². The largest absolute Gasteiger partial charge is 0.507 e. The highest BCUT2D eigenvalue weighted by molar-refractivity contribution is 9.10. The summed E-state index contributed by atoms with van der Waals surface area (Å²) < 4.78 is 46.0. The zero-order valence-electron chi connectivity index (χ0n) is 17.6. The quantitative estimate of drug-likeness (QED) is 0.251. The molecule has 1 saturated heterocycles. The fourth-order valence-corrected chi connectivity index (χ4v) is 4.06. The number of carbonyl (C=O) groups excluding carboxylic acids is 2. The van der Waals surface area contributed by atoms with Gasteiger partial charge in [-0.25, -0.2) is 0 Å². The van der Waals surface area contributed by atoms with Crippen LogP contribution in [0.1, 0.15) is 22.7 Å². The number of methoxy groups -OCH3 is 1. The molecule has 0 spiro atoms. The summed E-state index contributed by atoms with van der Waals surface area (Å²) >= 11 is 3.29. The van der Waals surface area contributed by atoms with Crippen LogP contribution in [-0.4, -0.2) is 23.9 Å². The standard InChI is InChI=1S/C25H17BrF3NO4/c1-34-19-11-7-14(8-12-19)21-20(22(31)15-5-9-17(26)10-6-15)23(32)24(33)30(21)18-4-2-3-16(13-18)25(27,28)29/h2-13,21,31H,1H3/b22-20+. The minimum absolute atomic E-state index is 0.118. The number of hydrogen-bond donors (Lipinski definition) is 1. The van der Waals surface area contributed by atoms with Gasteiger partial charge in [0.1, 0.15) is 11.5 Å². The Hall–Kier alpha value is -3.59. The van der Waals surface area contributed by atoms with Gasteiger partial charge in [-0.2, -0.15) is 13.2 Å². The first-order chi connectivity index (χ1) is 16.1. The van der Waals surface area contributed by atoms with Gasteiger partial charge in [0, 0.05) is 15.7 Å².